The maximum absolute atomic E-state index is 11.6. The Balaban J connectivity index is 2.04. The van der Waals surface area contributed by atoms with Gasteiger partial charge in [-0.2, -0.15) is 5.26 Å². The van der Waals surface area contributed by atoms with E-state index < -0.39 is 6.04 Å². The maximum Gasteiger partial charge on any atom is 0.241 e. The van der Waals surface area contributed by atoms with Crippen molar-refractivity contribution >= 4 is 11.7 Å². The molecule has 2 aliphatic rings. The van der Waals surface area contributed by atoms with Gasteiger partial charge < -0.3 is 16.0 Å². The van der Waals surface area contributed by atoms with E-state index in [2.05, 4.69) is 16.4 Å². The fourth-order valence-corrected chi connectivity index (χ4v) is 2.97. The molecule has 0 saturated carbocycles. The average Bonchev–Trinajstić information content (AvgIpc) is 2.93. The molecule has 0 bridgehead atoms. The van der Waals surface area contributed by atoms with Crippen LogP contribution >= 0.6 is 0 Å². The first kappa shape index (κ1) is 12.9. The first-order valence-corrected chi connectivity index (χ1v) is 6.90. The molecule has 1 aromatic heterocycles. The van der Waals surface area contributed by atoms with Crippen LogP contribution in [-0.2, 0) is 17.6 Å². The quantitative estimate of drug-likeness (QED) is 0.770. The van der Waals surface area contributed by atoms with Crippen LogP contribution in [0.4, 0.5) is 5.82 Å². The van der Waals surface area contributed by atoms with E-state index in [9.17, 15) is 10.1 Å². The molecule has 1 saturated heterocycles. The number of rotatable bonds is 2. The Morgan fingerprint density at radius 2 is 2.40 bits per heavy atom. The van der Waals surface area contributed by atoms with Gasteiger partial charge in [0.15, 0.2) is 0 Å². The Morgan fingerprint density at radius 3 is 3.15 bits per heavy atom. The number of hydrogen-bond acceptors (Lipinski definition) is 5. The highest BCUT2D eigenvalue weighted by molar-refractivity contribution is 5.84. The van der Waals surface area contributed by atoms with E-state index in [1.807, 2.05) is 11.0 Å². The van der Waals surface area contributed by atoms with Gasteiger partial charge in [-0.25, -0.2) is 4.98 Å². The fourth-order valence-electron chi connectivity index (χ4n) is 2.97. The summed E-state index contributed by atoms with van der Waals surface area (Å²) in [5.74, 6) is 0.224. The Morgan fingerprint density at radius 1 is 1.55 bits per heavy atom. The molecule has 1 fully saturated rings. The van der Waals surface area contributed by atoms with Crippen LogP contribution in [0, 0.1) is 11.3 Å². The Bertz CT molecular complexity index is 592. The van der Waals surface area contributed by atoms with Crippen molar-refractivity contribution in [2.24, 2.45) is 5.73 Å². The number of nitrogens with two attached hydrogens (primary N) is 1. The number of carbonyl (C=O) groups excluding carboxylic acids is 1. The number of fused-ring (bicyclic) bond motifs is 1. The number of anilines is 1. The Hall–Kier alpha value is -2.13. The van der Waals surface area contributed by atoms with Crippen LogP contribution in [0.3, 0.4) is 0 Å². The summed E-state index contributed by atoms with van der Waals surface area (Å²) < 4.78 is 0. The molecular weight excluding hydrogens is 254 g/mol. The van der Waals surface area contributed by atoms with Gasteiger partial charge in [0.25, 0.3) is 0 Å². The molecule has 1 amide bonds. The lowest BCUT2D eigenvalue weighted by atomic mass is 10.1. The summed E-state index contributed by atoms with van der Waals surface area (Å²) in [5, 5.41) is 12.5. The third kappa shape index (κ3) is 2.10. The van der Waals surface area contributed by atoms with Crippen LogP contribution in [0.25, 0.3) is 0 Å². The first-order valence-electron chi connectivity index (χ1n) is 6.90. The highest BCUT2D eigenvalue weighted by Crippen LogP contribution is 2.28. The first-order chi connectivity index (χ1) is 9.70. The van der Waals surface area contributed by atoms with Crippen molar-refractivity contribution in [1.82, 2.24) is 10.3 Å². The zero-order valence-corrected chi connectivity index (χ0v) is 11.2. The third-order valence-corrected chi connectivity index (χ3v) is 4.00. The van der Waals surface area contributed by atoms with Gasteiger partial charge in [-0.1, -0.05) is 0 Å². The summed E-state index contributed by atoms with van der Waals surface area (Å²) in [6.07, 6.45) is 3.01. The summed E-state index contributed by atoms with van der Waals surface area (Å²) in [6.45, 7) is 1.89. The molecule has 1 aliphatic carbocycles. The largest absolute Gasteiger partial charge is 0.368 e. The second kappa shape index (κ2) is 5.10. The van der Waals surface area contributed by atoms with Gasteiger partial charge >= 0.3 is 0 Å². The van der Waals surface area contributed by atoms with E-state index in [4.69, 9.17) is 5.73 Å². The number of hydrogen-bond donors (Lipinski definition) is 2. The van der Waals surface area contributed by atoms with Crippen LogP contribution in [-0.4, -0.2) is 36.6 Å². The van der Waals surface area contributed by atoms with Gasteiger partial charge in [0.1, 0.15) is 17.9 Å². The van der Waals surface area contributed by atoms with Crippen LogP contribution in [0.1, 0.15) is 23.2 Å². The van der Waals surface area contributed by atoms with Crippen molar-refractivity contribution in [2.45, 2.75) is 25.3 Å². The topological polar surface area (TPSA) is 95.0 Å². The highest BCUT2D eigenvalue weighted by atomic mass is 16.1. The summed E-state index contributed by atoms with van der Waals surface area (Å²) in [5.41, 5.74) is 8.23. The van der Waals surface area contributed by atoms with Crippen molar-refractivity contribution in [2.75, 3.05) is 24.5 Å². The summed E-state index contributed by atoms with van der Waals surface area (Å²) in [4.78, 5) is 18.1. The lowest BCUT2D eigenvalue weighted by molar-refractivity contribution is -0.119. The molecule has 6 nitrogen and oxygen atoms in total. The van der Waals surface area contributed by atoms with Gasteiger partial charge in [0.2, 0.25) is 5.91 Å². The molecule has 3 N–H and O–H groups in total. The Kier molecular flexibility index (Phi) is 3.28. The standard InChI is InChI=1S/C14H17N5O/c15-7-10-6-9-2-1-3-11(9)18-14(10)19-5-4-17-8-12(19)13(16)20/h6,12,17H,1-5,8H2,(H2,16,20). The zero-order valence-electron chi connectivity index (χ0n) is 11.2. The SMILES string of the molecule is N#Cc1cc2c(nc1N1CCNCC1C(N)=O)CCC2. The lowest BCUT2D eigenvalue weighted by Crippen LogP contribution is -2.57. The predicted molar refractivity (Wildman–Crippen MR) is 74.2 cm³/mol. The number of primary amides is 1. The normalized spacial score (nSPS) is 21.4. The van der Waals surface area contributed by atoms with E-state index in [1.54, 1.807) is 0 Å². The van der Waals surface area contributed by atoms with E-state index in [-0.39, 0.29) is 5.91 Å². The molecule has 1 aliphatic heterocycles. The van der Waals surface area contributed by atoms with Crippen LogP contribution in [0.2, 0.25) is 0 Å². The van der Waals surface area contributed by atoms with Crippen molar-refractivity contribution in [1.29, 1.82) is 5.26 Å². The number of piperazine rings is 1. The molecule has 6 heteroatoms. The minimum atomic E-state index is -0.442. The number of amides is 1. The number of aromatic nitrogens is 1. The van der Waals surface area contributed by atoms with Crippen LogP contribution in [0.5, 0.6) is 0 Å². The molecule has 0 aromatic carbocycles. The molecule has 2 heterocycles. The van der Waals surface area contributed by atoms with Crippen molar-refractivity contribution in [3.05, 3.63) is 22.9 Å². The molecular formula is C14H17N5O. The number of nitrogens with zero attached hydrogens (tertiary/aromatic N) is 3. The summed E-state index contributed by atoms with van der Waals surface area (Å²) >= 11 is 0. The van der Waals surface area contributed by atoms with Gasteiger partial charge in [-0.05, 0) is 30.9 Å². The minimum absolute atomic E-state index is 0.386. The average molecular weight is 271 g/mol. The monoisotopic (exact) mass is 271 g/mol. The molecule has 1 unspecified atom stereocenters. The molecule has 0 spiro atoms. The minimum Gasteiger partial charge on any atom is -0.368 e. The predicted octanol–water partition coefficient (Wildman–Crippen LogP) is -0.295. The van der Waals surface area contributed by atoms with E-state index in [0.29, 0.717) is 24.5 Å². The zero-order chi connectivity index (χ0) is 14.1. The number of nitriles is 1. The van der Waals surface area contributed by atoms with E-state index in [1.165, 1.54) is 0 Å². The smallest absolute Gasteiger partial charge is 0.241 e. The molecule has 1 atom stereocenters. The second-order valence-corrected chi connectivity index (χ2v) is 5.25. The number of nitrogens with one attached hydrogen (secondary N) is 1. The highest BCUT2D eigenvalue weighted by Gasteiger charge is 2.30. The van der Waals surface area contributed by atoms with E-state index in [0.717, 1.165) is 37.1 Å². The molecule has 3 rings (SSSR count). The van der Waals surface area contributed by atoms with Gasteiger partial charge in [0.05, 0.1) is 5.56 Å². The fraction of sp³-hybridized carbons (Fsp3) is 0.500. The van der Waals surface area contributed by atoms with Gasteiger partial charge in [-0.15, -0.1) is 0 Å². The number of carbonyl (C=O) groups is 1. The summed E-state index contributed by atoms with van der Waals surface area (Å²) in [6, 6.07) is 3.68. The molecule has 20 heavy (non-hydrogen) atoms. The van der Waals surface area contributed by atoms with Crippen molar-refractivity contribution in [3.8, 4) is 6.07 Å². The Labute approximate surface area is 117 Å². The third-order valence-electron chi connectivity index (χ3n) is 4.00. The number of pyridine rings is 1. The molecule has 0 radical (unpaired) electrons. The van der Waals surface area contributed by atoms with Crippen LogP contribution < -0.4 is 16.0 Å². The van der Waals surface area contributed by atoms with E-state index >= 15 is 0 Å². The van der Waals surface area contributed by atoms with Crippen LogP contribution in [0.15, 0.2) is 6.07 Å². The number of aryl methyl sites for hydroxylation is 2. The second-order valence-electron chi connectivity index (χ2n) is 5.25. The van der Waals surface area contributed by atoms with Gasteiger partial charge in [0, 0.05) is 25.3 Å². The summed E-state index contributed by atoms with van der Waals surface area (Å²) in [7, 11) is 0. The maximum atomic E-state index is 11.6. The van der Waals surface area contributed by atoms with Crippen molar-refractivity contribution in [3.63, 3.8) is 0 Å². The van der Waals surface area contributed by atoms with Gasteiger partial charge in [-0.3, -0.25) is 4.79 Å². The molecule has 1 aromatic rings. The molecule has 104 valence electrons. The lowest BCUT2D eigenvalue weighted by Gasteiger charge is -2.35. The van der Waals surface area contributed by atoms with Crippen molar-refractivity contribution < 1.29 is 4.79 Å².